The van der Waals surface area contributed by atoms with Crippen molar-refractivity contribution < 1.29 is 14.3 Å². The monoisotopic (exact) mass is 352 g/mol. The van der Waals surface area contributed by atoms with Crippen LogP contribution < -0.4 is 0 Å². The molecule has 0 bridgehead atoms. The van der Waals surface area contributed by atoms with E-state index in [-0.39, 0.29) is 22.9 Å². The van der Waals surface area contributed by atoms with Gasteiger partial charge < -0.3 is 5.11 Å². The fourth-order valence-electron chi connectivity index (χ4n) is 2.43. The van der Waals surface area contributed by atoms with Gasteiger partial charge in [0, 0.05) is 16.2 Å². The second kappa shape index (κ2) is 5.26. The lowest BCUT2D eigenvalue weighted by molar-refractivity contribution is 0.0697. The summed E-state index contributed by atoms with van der Waals surface area (Å²) in [5.41, 5.74) is 0.418. The van der Waals surface area contributed by atoms with E-state index in [0.29, 0.717) is 10.4 Å². The molecule has 0 saturated heterocycles. The van der Waals surface area contributed by atoms with Gasteiger partial charge in [0.25, 0.3) is 0 Å². The van der Waals surface area contributed by atoms with Crippen LogP contribution >= 0.6 is 15.9 Å². The smallest absolute Gasteiger partial charge is 0.339 e. The summed E-state index contributed by atoms with van der Waals surface area (Å²) in [6.07, 6.45) is 3.76. The molecule has 1 aliphatic rings. The maximum atomic E-state index is 14.1. The van der Waals surface area contributed by atoms with E-state index in [2.05, 4.69) is 21.0 Å². The number of nitrogens with zero attached hydrogens (tertiary/aromatic N) is 2. The van der Waals surface area contributed by atoms with Crippen molar-refractivity contribution in [2.75, 3.05) is 0 Å². The molecule has 0 spiro atoms. The first-order valence-electron chi connectivity index (χ1n) is 6.75. The predicted molar refractivity (Wildman–Crippen MR) is 79.7 cm³/mol. The van der Waals surface area contributed by atoms with Gasteiger partial charge in [-0.2, -0.15) is 5.10 Å². The van der Waals surface area contributed by atoms with Gasteiger partial charge in [0.1, 0.15) is 17.1 Å². The van der Waals surface area contributed by atoms with E-state index < -0.39 is 11.8 Å². The van der Waals surface area contributed by atoms with Crippen LogP contribution in [-0.4, -0.2) is 20.9 Å². The number of benzene rings is 1. The molecule has 0 amide bonds. The van der Waals surface area contributed by atoms with Crippen molar-refractivity contribution in [2.24, 2.45) is 5.92 Å². The van der Waals surface area contributed by atoms with Crippen LogP contribution in [0.15, 0.2) is 28.9 Å². The van der Waals surface area contributed by atoms with Crippen molar-refractivity contribution in [1.82, 2.24) is 9.78 Å². The van der Waals surface area contributed by atoms with Crippen molar-refractivity contribution in [3.05, 3.63) is 40.2 Å². The van der Waals surface area contributed by atoms with E-state index >= 15 is 0 Å². The van der Waals surface area contributed by atoms with Gasteiger partial charge in [-0.05, 0) is 43.9 Å². The Morgan fingerprint density at radius 3 is 2.81 bits per heavy atom. The third-order valence-electron chi connectivity index (χ3n) is 3.87. The molecule has 1 aromatic carbocycles. The van der Waals surface area contributed by atoms with Crippen molar-refractivity contribution >= 4 is 21.9 Å². The number of carboxylic acids is 1. The fourth-order valence-corrected chi connectivity index (χ4v) is 2.77. The number of aromatic nitrogens is 2. The highest BCUT2D eigenvalue weighted by Gasteiger charge is 2.31. The molecule has 3 rings (SSSR count). The second-order valence-electron chi connectivity index (χ2n) is 5.38. The number of carboxylic acid groups (broad SMARTS) is 1. The minimum atomic E-state index is -1.10. The molecule has 0 radical (unpaired) electrons. The number of rotatable bonds is 4. The average molecular weight is 353 g/mol. The number of aromatic carboxylic acids is 1. The predicted octanol–water partition coefficient (Wildman–Crippen LogP) is 4.12. The van der Waals surface area contributed by atoms with Crippen molar-refractivity contribution in [3.8, 4) is 11.3 Å². The Bertz CT molecular complexity index is 710. The lowest BCUT2D eigenvalue weighted by atomic mass is 10.1. The van der Waals surface area contributed by atoms with Crippen LogP contribution in [0, 0.1) is 11.7 Å². The van der Waals surface area contributed by atoms with Gasteiger partial charge in [0.15, 0.2) is 0 Å². The topological polar surface area (TPSA) is 55.1 Å². The molecule has 1 aromatic heterocycles. The lowest BCUT2D eigenvalue weighted by Gasteiger charge is -2.09. The van der Waals surface area contributed by atoms with Crippen LogP contribution in [0.4, 0.5) is 4.39 Å². The Kier molecular flexibility index (Phi) is 3.57. The first kappa shape index (κ1) is 14.3. The summed E-state index contributed by atoms with van der Waals surface area (Å²) < 4.78 is 16.3. The number of hydrogen-bond donors (Lipinski definition) is 1. The molecule has 21 heavy (non-hydrogen) atoms. The van der Waals surface area contributed by atoms with E-state index in [9.17, 15) is 14.3 Å². The maximum Gasteiger partial charge on any atom is 0.339 e. The van der Waals surface area contributed by atoms with Crippen LogP contribution in [-0.2, 0) is 0 Å². The third kappa shape index (κ3) is 2.72. The van der Waals surface area contributed by atoms with Crippen molar-refractivity contribution in [1.29, 1.82) is 0 Å². The zero-order valence-corrected chi connectivity index (χ0v) is 13.0. The van der Waals surface area contributed by atoms with E-state index in [1.807, 2.05) is 6.92 Å². The molecule has 6 heteroatoms. The summed E-state index contributed by atoms with van der Waals surface area (Å²) in [5.74, 6) is -1.05. The Hall–Kier alpha value is -1.69. The number of carbonyl (C=O) groups is 1. The van der Waals surface area contributed by atoms with Gasteiger partial charge in [-0.15, -0.1) is 0 Å². The van der Waals surface area contributed by atoms with E-state index in [0.717, 1.165) is 12.8 Å². The SMILES string of the molecule is CC(C1CC1)n1cc(C(=O)O)c(-c2ccc(Br)cc2F)n1. The molecule has 1 saturated carbocycles. The highest BCUT2D eigenvalue weighted by molar-refractivity contribution is 9.10. The molecule has 1 aliphatic carbocycles. The quantitative estimate of drug-likeness (QED) is 0.900. The van der Waals surface area contributed by atoms with Gasteiger partial charge in [-0.25, -0.2) is 9.18 Å². The summed E-state index contributed by atoms with van der Waals surface area (Å²) in [5, 5.41) is 13.7. The minimum Gasteiger partial charge on any atom is -0.478 e. The highest BCUT2D eigenvalue weighted by atomic mass is 79.9. The largest absolute Gasteiger partial charge is 0.478 e. The number of halogens is 2. The standard InChI is InChI=1S/C15H14BrFN2O2/c1-8(9-2-3-9)19-7-12(15(20)21)14(18-19)11-5-4-10(16)6-13(11)17/h4-9H,2-3H2,1H3,(H,20,21). The van der Waals surface area contributed by atoms with E-state index in [1.54, 1.807) is 16.8 Å². The number of hydrogen-bond acceptors (Lipinski definition) is 2. The van der Waals surface area contributed by atoms with Gasteiger partial charge in [0.05, 0.1) is 6.04 Å². The zero-order chi connectivity index (χ0) is 15.1. The molecule has 0 aliphatic heterocycles. The highest BCUT2D eigenvalue weighted by Crippen LogP contribution is 2.40. The van der Waals surface area contributed by atoms with Crippen LogP contribution in [0.5, 0.6) is 0 Å². The van der Waals surface area contributed by atoms with E-state index in [4.69, 9.17) is 0 Å². The summed E-state index contributed by atoms with van der Waals surface area (Å²) in [6, 6.07) is 4.66. The molecule has 1 N–H and O–H groups in total. The van der Waals surface area contributed by atoms with Crippen molar-refractivity contribution in [3.63, 3.8) is 0 Å². The molecule has 2 aromatic rings. The summed E-state index contributed by atoms with van der Waals surface area (Å²) in [4.78, 5) is 11.4. The van der Waals surface area contributed by atoms with Gasteiger partial charge in [0.2, 0.25) is 0 Å². The summed E-state index contributed by atoms with van der Waals surface area (Å²) in [6.45, 7) is 2.01. The average Bonchev–Trinajstić information content (AvgIpc) is 3.17. The Labute approximate surface area is 129 Å². The summed E-state index contributed by atoms with van der Waals surface area (Å²) in [7, 11) is 0. The molecule has 1 unspecified atom stereocenters. The maximum absolute atomic E-state index is 14.1. The summed E-state index contributed by atoms with van der Waals surface area (Å²) >= 11 is 3.19. The normalized spacial score (nSPS) is 16.0. The zero-order valence-electron chi connectivity index (χ0n) is 11.4. The van der Waals surface area contributed by atoms with Crippen LogP contribution in [0.25, 0.3) is 11.3 Å². The first-order valence-corrected chi connectivity index (χ1v) is 7.54. The van der Waals surface area contributed by atoms with Gasteiger partial charge >= 0.3 is 5.97 Å². The molecule has 1 heterocycles. The second-order valence-corrected chi connectivity index (χ2v) is 6.29. The molecular formula is C15H14BrFN2O2. The molecule has 1 fully saturated rings. The Balaban J connectivity index is 2.09. The van der Waals surface area contributed by atoms with Crippen LogP contribution in [0.2, 0.25) is 0 Å². The fraction of sp³-hybridized carbons (Fsp3) is 0.333. The van der Waals surface area contributed by atoms with Crippen LogP contribution in [0.1, 0.15) is 36.2 Å². The molecule has 1 atom stereocenters. The molecular weight excluding hydrogens is 339 g/mol. The van der Waals surface area contributed by atoms with Gasteiger partial charge in [-0.1, -0.05) is 15.9 Å². The minimum absolute atomic E-state index is 0.0312. The Morgan fingerprint density at radius 1 is 1.52 bits per heavy atom. The van der Waals surface area contributed by atoms with Crippen molar-refractivity contribution in [2.45, 2.75) is 25.8 Å². The molecule has 110 valence electrons. The molecule has 4 nitrogen and oxygen atoms in total. The van der Waals surface area contributed by atoms with E-state index in [1.165, 1.54) is 12.3 Å². The van der Waals surface area contributed by atoms with Gasteiger partial charge in [-0.3, -0.25) is 4.68 Å². The first-order chi connectivity index (χ1) is 9.97. The third-order valence-corrected chi connectivity index (χ3v) is 4.36. The lowest BCUT2D eigenvalue weighted by Crippen LogP contribution is -2.07. The van der Waals surface area contributed by atoms with Crippen LogP contribution in [0.3, 0.4) is 0 Å². The Morgan fingerprint density at radius 2 is 2.24 bits per heavy atom.